The molecule has 0 amide bonds. The number of benzene rings is 3. The van der Waals surface area contributed by atoms with Crippen LogP contribution in [0.4, 0.5) is 17.5 Å². The molecule has 4 aliphatic heterocycles. The van der Waals surface area contributed by atoms with Gasteiger partial charge in [0.25, 0.3) is 0 Å². The highest BCUT2D eigenvalue weighted by atomic mass is 31.2. The standard InChI is InChI=1S/C24H33N4O9P.C21H29N4O9P.C19H25N4O9P.CH4O/c1-14(2)33-22(29)15(3)27-38(31,37-16-9-7-6-8-10-16)32-13-17-19-20(36-24(4,5)35-19)21(34-17)28-12-11-18(25)26-23(28)30;1-12(2)32-20(28)13(3)24-35(30,34-14-7-5-4-6-8-14)31-11-15-17(26)18(27)19(33-15)25-10-9-16(22)23-21(25)29;1-11(18(26)29-2)22-33(28,32-12-6-4-3-5-7-12)30-10-13-15(24)16(25)17(31-13)23-9-8-14(20)21-19(23)27;1-2/h6-12,14-15,17,19-21H,13H2,1-5H3,(H,27,31)(H2,25,26,30);4-10,12-13,15,17-19,26-27H,11H2,1-3H3,(H,24,30)(H2,22,23,29);3-9,11,13,15-17,24-25H,10H2,1-2H3,(H,22,28)(H2,20,21,27);2H,1H3/t15-,17+,19+,20+,21+,38?;13-,15+,17+,18+,19+,35?;11-,13+,15+,16+,17+,33?;/m000./s1. The maximum atomic E-state index is 13.8. The van der Waals surface area contributed by atoms with Crippen LogP contribution in [0.5, 0.6) is 17.2 Å². The van der Waals surface area contributed by atoms with Gasteiger partial charge in [0.2, 0.25) is 0 Å². The molecule has 4 saturated heterocycles. The Morgan fingerprint density at radius 2 is 0.769 bits per heavy atom. The first-order valence-corrected chi connectivity index (χ1v) is 37.9. The van der Waals surface area contributed by atoms with Crippen molar-refractivity contribution in [3.05, 3.63) is 159 Å². The molecule has 3 unspecified atom stereocenters. The van der Waals surface area contributed by atoms with Gasteiger partial charge in [0.1, 0.15) is 108 Å². The van der Waals surface area contributed by atoms with Crippen LogP contribution in [0.25, 0.3) is 0 Å². The predicted octanol–water partition coefficient (Wildman–Crippen LogP) is 2.36. The van der Waals surface area contributed by atoms with E-state index in [0.29, 0.717) is 0 Å². The van der Waals surface area contributed by atoms with Gasteiger partial charge in [0, 0.05) is 25.7 Å². The highest BCUT2D eigenvalue weighted by molar-refractivity contribution is 7.52. The first-order chi connectivity index (χ1) is 51.0. The molecule has 40 nitrogen and oxygen atoms in total. The number of hydrogen-bond donors (Lipinski definition) is 11. The van der Waals surface area contributed by atoms with Crippen molar-refractivity contribution in [2.24, 2.45) is 0 Å². The molecule has 0 bridgehead atoms. The molecule has 10 rings (SSSR count). The summed E-state index contributed by atoms with van der Waals surface area (Å²) in [6, 6.07) is 25.5. The number of rotatable bonds is 29. The number of ether oxygens (including phenoxy) is 8. The number of nitrogens with one attached hydrogen (secondary N) is 3. The number of nitrogen functional groups attached to an aromatic ring is 3. The second-order valence-corrected chi connectivity index (χ2v) is 30.1. The average Bonchev–Trinajstić information content (AvgIpc) is 1.60. The first-order valence-electron chi connectivity index (χ1n) is 33.3. The molecular weight excluding hydrogens is 1490 g/mol. The van der Waals surface area contributed by atoms with E-state index in [4.69, 9.17) is 82.6 Å². The van der Waals surface area contributed by atoms with E-state index < -0.39 is 175 Å². The van der Waals surface area contributed by atoms with Crippen LogP contribution in [0.2, 0.25) is 0 Å². The maximum absolute atomic E-state index is 13.8. The van der Waals surface area contributed by atoms with Gasteiger partial charge in [-0.1, -0.05) is 54.6 Å². The number of esters is 3. The number of nitrogens with two attached hydrogens (primary N) is 3. The van der Waals surface area contributed by atoms with Crippen molar-refractivity contribution in [1.29, 1.82) is 0 Å². The summed E-state index contributed by atoms with van der Waals surface area (Å²) in [5, 5.41) is 56.2. The number of para-hydroxylation sites is 3. The van der Waals surface area contributed by atoms with Crippen LogP contribution < -0.4 is 63.1 Å². The summed E-state index contributed by atoms with van der Waals surface area (Å²) in [6.45, 7) is 13.2. The lowest BCUT2D eigenvalue weighted by atomic mass is 10.1. The van der Waals surface area contributed by atoms with Crippen molar-refractivity contribution < 1.29 is 119 Å². The van der Waals surface area contributed by atoms with Gasteiger partial charge in [-0.15, -0.1) is 0 Å². The van der Waals surface area contributed by atoms with E-state index >= 15 is 0 Å². The summed E-state index contributed by atoms with van der Waals surface area (Å²) in [7, 11) is -10.4. The molecular formula is C65H91N12O28P3. The molecule has 43 heteroatoms. The lowest BCUT2D eigenvalue weighted by Crippen LogP contribution is -2.38. The van der Waals surface area contributed by atoms with E-state index in [-0.39, 0.29) is 47.4 Å². The van der Waals surface area contributed by atoms with Crippen LogP contribution >= 0.6 is 23.2 Å². The van der Waals surface area contributed by atoms with E-state index in [1.165, 1.54) is 93.5 Å². The number of anilines is 3. The number of aromatic nitrogens is 6. The summed E-state index contributed by atoms with van der Waals surface area (Å²) in [6.07, 6.45) is -10.9. The monoisotopic (exact) mass is 1580 g/mol. The fourth-order valence-electron chi connectivity index (χ4n) is 10.4. The Labute approximate surface area is 618 Å². The zero-order valence-electron chi connectivity index (χ0n) is 60.4. The molecule has 594 valence electrons. The Kier molecular flexibility index (Phi) is 31.2. The summed E-state index contributed by atoms with van der Waals surface area (Å²) in [5.74, 6) is -2.31. The van der Waals surface area contributed by atoms with Crippen molar-refractivity contribution in [3.63, 3.8) is 0 Å². The first kappa shape index (κ1) is 86.8. The number of fused-ring (bicyclic) bond motifs is 1. The summed E-state index contributed by atoms with van der Waals surface area (Å²) < 4.78 is 122. The van der Waals surface area contributed by atoms with Crippen molar-refractivity contribution in [3.8, 4) is 17.2 Å². The number of aliphatic hydroxyl groups excluding tert-OH is 5. The number of nitrogens with zero attached hydrogens (tertiary/aromatic N) is 6. The van der Waals surface area contributed by atoms with Crippen molar-refractivity contribution in [2.45, 2.75) is 172 Å². The molecule has 0 radical (unpaired) electrons. The molecule has 0 spiro atoms. The minimum atomic E-state index is -4.22. The summed E-state index contributed by atoms with van der Waals surface area (Å²) in [4.78, 5) is 84.0. The Hall–Kier alpha value is -8.44. The Bertz CT molecular complexity index is 4270. The third kappa shape index (κ3) is 24.0. The minimum absolute atomic E-state index is 0.0191. The van der Waals surface area contributed by atoms with E-state index in [1.54, 1.807) is 108 Å². The Balaban J connectivity index is 0.000000224. The number of carbonyl (C=O) groups excluding carboxylic acids is 3. The molecule has 6 aromatic rings. The number of aliphatic hydroxyl groups is 5. The zero-order chi connectivity index (χ0) is 79.6. The number of carbonyl (C=O) groups is 3. The lowest BCUT2D eigenvalue weighted by molar-refractivity contribution is -0.200. The molecule has 4 aliphatic rings. The Morgan fingerprint density at radius 1 is 0.472 bits per heavy atom. The predicted molar refractivity (Wildman–Crippen MR) is 381 cm³/mol. The minimum Gasteiger partial charge on any atom is -0.468 e. The average molecular weight is 1580 g/mol. The van der Waals surface area contributed by atoms with Crippen LogP contribution in [-0.2, 0) is 79.5 Å². The van der Waals surface area contributed by atoms with E-state index in [9.17, 15) is 62.9 Å². The molecule has 0 aliphatic carbocycles. The van der Waals surface area contributed by atoms with E-state index in [1.807, 2.05) is 0 Å². The quantitative estimate of drug-likeness (QED) is 0.0182. The molecule has 14 N–H and O–H groups in total. The summed E-state index contributed by atoms with van der Waals surface area (Å²) in [5.41, 5.74) is 14.4. The largest absolute Gasteiger partial charge is 0.468 e. The van der Waals surface area contributed by atoms with E-state index in [2.05, 4.69) is 35.0 Å². The van der Waals surface area contributed by atoms with Crippen LogP contribution in [-0.4, -0.2) is 197 Å². The van der Waals surface area contributed by atoms with E-state index in [0.717, 1.165) is 16.2 Å². The lowest BCUT2D eigenvalue weighted by Gasteiger charge is -2.27. The molecule has 3 aromatic carbocycles. The fourth-order valence-corrected chi connectivity index (χ4v) is 14.9. The van der Waals surface area contributed by atoms with Gasteiger partial charge in [-0.2, -0.15) is 30.2 Å². The van der Waals surface area contributed by atoms with Crippen LogP contribution in [0, 0.1) is 0 Å². The fraction of sp³-hybridized carbons (Fsp3) is 0.492. The second-order valence-electron chi connectivity index (χ2n) is 25.0. The SMILES string of the molecule is CC(C)OC(=O)[C@H](C)NP(=O)(OC[C@H]1O[C@@H](n2ccc(N)nc2=O)[C@@H]2OC(C)(C)O[C@@H]21)Oc1ccccc1.CC(C)OC(=O)[C@H](C)NP(=O)(OC[C@H]1O[C@@H](n2ccc(N)nc2=O)[C@H](O)[C@@H]1O)Oc1ccccc1.CO.COC(=O)[C@H](C)NP(=O)(OC[C@H]1O[C@@H](n2ccc(N)nc2=O)[C@H](O)[C@@H]1O)Oc1ccccc1. The summed E-state index contributed by atoms with van der Waals surface area (Å²) >= 11 is 0. The Morgan fingerprint density at radius 3 is 1.08 bits per heavy atom. The third-order valence-electron chi connectivity index (χ3n) is 15.3. The third-order valence-corrected chi connectivity index (χ3v) is 20.3. The molecule has 0 saturated carbocycles. The van der Waals surface area contributed by atoms with Crippen molar-refractivity contribution >= 4 is 58.6 Å². The van der Waals surface area contributed by atoms with Crippen LogP contribution in [0.3, 0.4) is 0 Å². The van der Waals surface area contributed by atoms with Gasteiger partial charge >= 0.3 is 58.2 Å². The van der Waals surface area contributed by atoms with Gasteiger partial charge in [0.15, 0.2) is 24.5 Å². The highest BCUT2D eigenvalue weighted by Crippen LogP contribution is 2.50. The van der Waals surface area contributed by atoms with Crippen LogP contribution in [0.1, 0.15) is 81.0 Å². The van der Waals surface area contributed by atoms with Crippen LogP contribution in [0.15, 0.2) is 142 Å². The number of methoxy groups -OCH3 is 1. The van der Waals surface area contributed by atoms with Crippen molar-refractivity contribution in [2.75, 3.05) is 51.2 Å². The molecule has 7 heterocycles. The van der Waals surface area contributed by atoms with Gasteiger partial charge in [0.05, 0.1) is 39.1 Å². The molecule has 18 atom stereocenters. The zero-order valence-corrected chi connectivity index (χ0v) is 63.1. The molecule has 4 fully saturated rings. The topological polar surface area (TPSA) is 552 Å². The number of hydrogen-bond acceptors (Lipinski definition) is 34. The second kappa shape index (κ2) is 38.8. The van der Waals surface area contributed by atoms with Gasteiger partial charge in [-0.3, -0.25) is 41.7 Å². The normalized spacial score (nSPS) is 25.1. The molecule has 108 heavy (non-hydrogen) atoms. The molecule has 3 aromatic heterocycles. The maximum Gasteiger partial charge on any atom is 0.459 e. The van der Waals surface area contributed by atoms with Crippen molar-refractivity contribution in [1.82, 2.24) is 43.9 Å². The van der Waals surface area contributed by atoms with Gasteiger partial charge in [-0.05, 0) is 117 Å². The highest BCUT2D eigenvalue weighted by Gasteiger charge is 2.57. The van der Waals surface area contributed by atoms with Gasteiger partial charge < -0.3 is 94.2 Å². The smallest absolute Gasteiger partial charge is 0.459 e. The van der Waals surface area contributed by atoms with Gasteiger partial charge in [-0.25, -0.2) is 28.1 Å².